The summed E-state index contributed by atoms with van der Waals surface area (Å²) in [5.74, 6) is 1.62. The predicted molar refractivity (Wildman–Crippen MR) is 79.8 cm³/mol. The van der Waals surface area contributed by atoms with Crippen molar-refractivity contribution in [3.63, 3.8) is 0 Å². The Hall–Kier alpha value is -0.540. The topological polar surface area (TPSA) is 12.5 Å². The number of rotatable bonds is 7. The fourth-order valence-electron chi connectivity index (χ4n) is 2.50. The SMILES string of the molecule is CN(CCCCCBr)CC1COc2ccccc21. The third-order valence-electron chi connectivity index (χ3n) is 3.50. The van der Waals surface area contributed by atoms with Gasteiger partial charge in [-0.3, -0.25) is 0 Å². The third kappa shape index (κ3) is 3.72. The van der Waals surface area contributed by atoms with Gasteiger partial charge in [-0.25, -0.2) is 0 Å². The lowest BCUT2D eigenvalue weighted by molar-refractivity contribution is 0.263. The van der Waals surface area contributed by atoms with Crippen LogP contribution in [-0.2, 0) is 0 Å². The molecule has 0 aliphatic carbocycles. The van der Waals surface area contributed by atoms with Crippen molar-refractivity contribution in [2.75, 3.05) is 32.1 Å². The number of alkyl halides is 1. The first-order valence-corrected chi connectivity index (χ1v) is 7.89. The second-order valence-electron chi connectivity index (χ2n) is 5.06. The van der Waals surface area contributed by atoms with Crippen LogP contribution in [0.3, 0.4) is 0 Å². The highest BCUT2D eigenvalue weighted by molar-refractivity contribution is 9.09. The average molecular weight is 312 g/mol. The van der Waals surface area contributed by atoms with Gasteiger partial charge in [0.2, 0.25) is 0 Å². The molecule has 2 rings (SSSR count). The van der Waals surface area contributed by atoms with Crippen molar-refractivity contribution < 1.29 is 4.74 Å². The van der Waals surface area contributed by atoms with Crippen molar-refractivity contribution in [2.24, 2.45) is 0 Å². The van der Waals surface area contributed by atoms with Gasteiger partial charge in [0.15, 0.2) is 0 Å². The van der Waals surface area contributed by atoms with Crippen LogP contribution in [0.1, 0.15) is 30.7 Å². The largest absolute Gasteiger partial charge is 0.493 e. The minimum absolute atomic E-state index is 0.544. The molecular weight excluding hydrogens is 290 g/mol. The highest BCUT2D eigenvalue weighted by Gasteiger charge is 2.24. The number of ether oxygens (including phenoxy) is 1. The first kappa shape index (κ1) is 13.9. The van der Waals surface area contributed by atoms with E-state index in [0.717, 1.165) is 24.2 Å². The Morgan fingerprint density at radius 1 is 1.28 bits per heavy atom. The summed E-state index contributed by atoms with van der Waals surface area (Å²) in [6.45, 7) is 3.13. The molecule has 0 amide bonds. The van der Waals surface area contributed by atoms with Crippen LogP contribution in [0.4, 0.5) is 0 Å². The van der Waals surface area contributed by atoms with E-state index in [9.17, 15) is 0 Å². The molecule has 0 fully saturated rings. The lowest BCUT2D eigenvalue weighted by Crippen LogP contribution is -2.26. The van der Waals surface area contributed by atoms with Gasteiger partial charge in [-0.15, -0.1) is 0 Å². The summed E-state index contributed by atoms with van der Waals surface area (Å²) in [6.07, 6.45) is 3.88. The molecule has 0 saturated carbocycles. The summed E-state index contributed by atoms with van der Waals surface area (Å²) < 4.78 is 5.72. The minimum Gasteiger partial charge on any atom is -0.493 e. The molecular formula is C15H22BrNO. The van der Waals surface area contributed by atoms with Crippen molar-refractivity contribution in [1.29, 1.82) is 0 Å². The maximum atomic E-state index is 5.72. The lowest BCUT2D eigenvalue weighted by atomic mass is 10.0. The Kier molecular flexibility index (Phi) is 5.51. The fourth-order valence-corrected chi connectivity index (χ4v) is 2.90. The zero-order chi connectivity index (χ0) is 12.8. The van der Waals surface area contributed by atoms with E-state index >= 15 is 0 Å². The van der Waals surface area contributed by atoms with E-state index in [0.29, 0.717) is 5.92 Å². The smallest absolute Gasteiger partial charge is 0.122 e. The van der Waals surface area contributed by atoms with E-state index in [1.54, 1.807) is 0 Å². The molecule has 1 aromatic carbocycles. The van der Waals surface area contributed by atoms with Crippen molar-refractivity contribution in [2.45, 2.75) is 25.2 Å². The van der Waals surface area contributed by atoms with Crippen LogP contribution in [-0.4, -0.2) is 37.0 Å². The summed E-state index contributed by atoms with van der Waals surface area (Å²) in [6, 6.07) is 8.43. The number of halogens is 1. The number of para-hydroxylation sites is 1. The summed E-state index contributed by atoms with van der Waals surface area (Å²) in [5.41, 5.74) is 1.38. The quantitative estimate of drug-likeness (QED) is 0.563. The number of fused-ring (bicyclic) bond motifs is 1. The second-order valence-corrected chi connectivity index (χ2v) is 5.85. The van der Waals surface area contributed by atoms with Crippen LogP contribution < -0.4 is 4.74 Å². The molecule has 1 atom stereocenters. The predicted octanol–water partition coefficient (Wildman–Crippen LogP) is 3.66. The van der Waals surface area contributed by atoms with Gasteiger partial charge >= 0.3 is 0 Å². The Labute approximate surface area is 118 Å². The van der Waals surface area contributed by atoms with Crippen LogP contribution in [0.5, 0.6) is 5.75 Å². The first-order chi connectivity index (χ1) is 8.81. The molecule has 0 N–H and O–H groups in total. The summed E-state index contributed by atoms with van der Waals surface area (Å²) >= 11 is 3.48. The highest BCUT2D eigenvalue weighted by atomic mass is 79.9. The first-order valence-electron chi connectivity index (χ1n) is 6.77. The van der Waals surface area contributed by atoms with Crippen LogP contribution in [0.25, 0.3) is 0 Å². The minimum atomic E-state index is 0.544. The van der Waals surface area contributed by atoms with E-state index in [4.69, 9.17) is 4.74 Å². The van der Waals surface area contributed by atoms with Gasteiger partial charge in [-0.2, -0.15) is 0 Å². The molecule has 1 unspecified atom stereocenters. The van der Waals surface area contributed by atoms with Gasteiger partial charge in [-0.05, 0) is 32.5 Å². The summed E-state index contributed by atoms with van der Waals surface area (Å²) in [7, 11) is 2.22. The van der Waals surface area contributed by atoms with Crippen LogP contribution >= 0.6 is 15.9 Å². The molecule has 3 heteroatoms. The zero-order valence-electron chi connectivity index (χ0n) is 11.1. The number of hydrogen-bond acceptors (Lipinski definition) is 2. The van der Waals surface area contributed by atoms with Crippen molar-refractivity contribution >= 4 is 15.9 Å². The third-order valence-corrected chi connectivity index (χ3v) is 4.07. The van der Waals surface area contributed by atoms with Crippen LogP contribution in [0, 0.1) is 0 Å². The Morgan fingerprint density at radius 2 is 2.11 bits per heavy atom. The van der Waals surface area contributed by atoms with Gasteiger partial charge in [0.25, 0.3) is 0 Å². The van der Waals surface area contributed by atoms with E-state index in [1.807, 2.05) is 6.07 Å². The number of hydrogen-bond donors (Lipinski definition) is 0. The monoisotopic (exact) mass is 311 g/mol. The van der Waals surface area contributed by atoms with Crippen molar-refractivity contribution in [1.82, 2.24) is 4.90 Å². The molecule has 2 nitrogen and oxygen atoms in total. The number of nitrogens with zero attached hydrogens (tertiary/aromatic N) is 1. The zero-order valence-corrected chi connectivity index (χ0v) is 12.7. The molecule has 0 saturated heterocycles. The molecule has 0 spiro atoms. The lowest BCUT2D eigenvalue weighted by Gasteiger charge is -2.20. The fraction of sp³-hybridized carbons (Fsp3) is 0.600. The molecule has 1 aliphatic rings. The van der Waals surface area contributed by atoms with Gasteiger partial charge in [-0.1, -0.05) is 40.5 Å². The highest BCUT2D eigenvalue weighted by Crippen LogP contribution is 2.33. The van der Waals surface area contributed by atoms with Crippen molar-refractivity contribution in [3.05, 3.63) is 29.8 Å². The van der Waals surface area contributed by atoms with E-state index in [-0.39, 0.29) is 0 Å². The Bertz CT molecular complexity index is 369. The number of benzene rings is 1. The van der Waals surface area contributed by atoms with Gasteiger partial charge in [0.1, 0.15) is 5.75 Å². The standard InChI is InChI=1S/C15H22BrNO/c1-17(10-6-2-5-9-16)11-13-12-18-15-8-4-3-7-14(13)15/h3-4,7-8,13H,2,5-6,9-12H2,1H3. The maximum Gasteiger partial charge on any atom is 0.122 e. The van der Waals surface area contributed by atoms with E-state index in [1.165, 1.54) is 31.4 Å². The van der Waals surface area contributed by atoms with Crippen LogP contribution in [0.2, 0.25) is 0 Å². The summed E-state index contributed by atoms with van der Waals surface area (Å²) in [5, 5.41) is 1.13. The van der Waals surface area contributed by atoms with Crippen LogP contribution in [0.15, 0.2) is 24.3 Å². The van der Waals surface area contributed by atoms with E-state index < -0.39 is 0 Å². The van der Waals surface area contributed by atoms with Crippen molar-refractivity contribution in [3.8, 4) is 5.75 Å². The molecule has 100 valence electrons. The molecule has 1 aromatic rings. The Morgan fingerprint density at radius 3 is 2.94 bits per heavy atom. The number of likely N-dealkylation sites (N-methyl/N-ethyl adjacent to an activating group) is 1. The summed E-state index contributed by atoms with van der Waals surface area (Å²) in [4.78, 5) is 2.43. The molecule has 0 radical (unpaired) electrons. The van der Waals surface area contributed by atoms with Gasteiger partial charge in [0.05, 0.1) is 6.61 Å². The van der Waals surface area contributed by atoms with Gasteiger partial charge < -0.3 is 9.64 Å². The van der Waals surface area contributed by atoms with E-state index in [2.05, 4.69) is 46.1 Å². The molecule has 1 heterocycles. The molecule has 0 bridgehead atoms. The average Bonchev–Trinajstić information content (AvgIpc) is 2.78. The number of unbranched alkanes of at least 4 members (excludes halogenated alkanes) is 2. The molecule has 1 aliphatic heterocycles. The Balaban J connectivity index is 1.77. The second kappa shape index (κ2) is 7.15. The maximum absolute atomic E-state index is 5.72. The van der Waals surface area contributed by atoms with Gasteiger partial charge in [0, 0.05) is 23.4 Å². The normalized spacial score (nSPS) is 17.8. The molecule has 18 heavy (non-hydrogen) atoms. The molecule has 0 aromatic heterocycles.